The van der Waals surface area contributed by atoms with Gasteiger partial charge in [-0.05, 0) is 55.9 Å². The second kappa shape index (κ2) is 6.67. The Kier molecular flexibility index (Phi) is 5.33. The lowest BCUT2D eigenvalue weighted by molar-refractivity contribution is 0.328. The van der Waals surface area contributed by atoms with Gasteiger partial charge in [-0.2, -0.15) is 4.31 Å². The number of rotatable bonds is 5. The van der Waals surface area contributed by atoms with Crippen molar-refractivity contribution in [1.29, 1.82) is 0 Å². The number of nitrogens with zero attached hydrogens (tertiary/aromatic N) is 1. The highest BCUT2D eigenvalue weighted by atomic mass is 35.5. The van der Waals surface area contributed by atoms with Gasteiger partial charge < -0.3 is 0 Å². The van der Waals surface area contributed by atoms with Crippen molar-refractivity contribution in [3.63, 3.8) is 0 Å². The van der Waals surface area contributed by atoms with Crippen LogP contribution >= 0.6 is 11.6 Å². The monoisotopic (exact) mass is 329 g/mol. The molecule has 2 rings (SSSR count). The zero-order valence-electron chi connectivity index (χ0n) is 13.0. The Balaban J connectivity index is 2.44. The number of sulfonamides is 1. The van der Waals surface area contributed by atoms with Gasteiger partial charge in [0.2, 0.25) is 10.0 Å². The molecule has 0 amide bonds. The minimum absolute atomic E-state index is 0.0743. The van der Waals surface area contributed by atoms with E-state index in [1.54, 1.807) is 16.4 Å². The van der Waals surface area contributed by atoms with Crippen LogP contribution < -0.4 is 0 Å². The fourth-order valence-electron chi connectivity index (χ4n) is 3.22. The van der Waals surface area contributed by atoms with Gasteiger partial charge in [-0.15, -0.1) is 11.6 Å². The van der Waals surface area contributed by atoms with Crippen LogP contribution in [0.2, 0.25) is 0 Å². The quantitative estimate of drug-likeness (QED) is 0.767. The molecule has 0 bridgehead atoms. The first kappa shape index (κ1) is 16.8. The number of benzene rings is 1. The van der Waals surface area contributed by atoms with E-state index in [4.69, 9.17) is 11.6 Å². The number of alkyl halides is 1. The van der Waals surface area contributed by atoms with Gasteiger partial charge in [-0.3, -0.25) is 0 Å². The van der Waals surface area contributed by atoms with Gasteiger partial charge >= 0.3 is 0 Å². The average molecular weight is 330 g/mol. The van der Waals surface area contributed by atoms with E-state index in [0.29, 0.717) is 10.8 Å². The molecule has 0 radical (unpaired) electrons. The molecule has 0 spiro atoms. The number of hydrogen-bond donors (Lipinski definition) is 0. The Hall–Kier alpha value is -0.580. The normalized spacial score (nSPS) is 23.6. The van der Waals surface area contributed by atoms with E-state index in [-0.39, 0.29) is 12.1 Å². The molecule has 1 saturated heterocycles. The van der Waals surface area contributed by atoms with Gasteiger partial charge in [0.05, 0.1) is 4.90 Å². The Morgan fingerprint density at radius 2 is 1.95 bits per heavy atom. The predicted octanol–water partition coefficient (Wildman–Crippen LogP) is 3.94. The highest BCUT2D eigenvalue weighted by molar-refractivity contribution is 7.89. The molecular weight excluding hydrogens is 306 g/mol. The van der Waals surface area contributed by atoms with Gasteiger partial charge in [-0.1, -0.05) is 19.9 Å². The van der Waals surface area contributed by atoms with E-state index in [1.165, 1.54) is 0 Å². The summed E-state index contributed by atoms with van der Waals surface area (Å²) in [5.41, 5.74) is 2.03. The summed E-state index contributed by atoms with van der Waals surface area (Å²) >= 11 is 5.97. The molecular formula is C16H24ClNO2S. The lowest BCUT2D eigenvalue weighted by Gasteiger charge is -2.27. The van der Waals surface area contributed by atoms with Crippen LogP contribution in [-0.4, -0.2) is 24.8 Å². The molecule has 0 N–H and O–H groups in total. The molecule has 0 aromatic heterocycles. The first-order chi connectivity index (χ1) is 9.95. The standard InChI is InChI=1S/C16H24ClNO2S/c1-4-13-7-9-16(10-14(13)11-17)21(19,20)18-12(3)6-8-15(18)5-2/h7,9-10,12,15H,4-6,8,11H2,1-3H3. The zero-order chi connectivity index (χ0) is 15.6. The van der Waals surface area contributed by atoms with Crippen molar-refractivity contribution in [2.45, 2.75) is 69.3 Å². The SMILES string of the molecule is CCc1ccc(S(=O)(=O)N2C(C)CCC2CC)cc1CCl. The molecule has 2 unspecified atom stereocenters. The largest absolute Gasteiger partial charge is 0.243 e. The van der Waals surface area contributed by atoms with Crippen molar-refractivity contribution in [1.82, 2.24) is 4.31 Å². The van der Waals surface area contributed by atoms with Crippen LogP contribution in [0.5, 0.6) is 0 Å². The highest BCUT2D eigenvalue weighted by Crippen LogP contribution is 2.33. The maximum atomic E-state index is 13.0. The van der Waals surface area contributed by atoms with Crippen molar-refractivity contribution >= 4 is 21.6 Å². The van der Waals surface area contributed by atoms with Gasteiger partial charge in [0.1, 0.15) is 0 Å². The molecule has 0 saturated carbocycles. The molecule has 1 aromatic rings. The van der Waals surface area contributed by atoms with E-state index in [2.05, 4.69) is 13.8 Å². The summed E-state index contributed by atoms with van der Waals surface area (Å²) in [4.78, 5) is 0.377. The predicted molar refractivity (Wildman–Crippen MR) is 87.2 cm³/mol. The number of hydrogen-bond acceptors (Lipinski definition) is 2. The smallest absolute Gasteiger partial charge is 0.207 e. The van der Waals surface area contributed by atoms with Crippen LogP contribution in [0.25, 0.3) is 0 Å². The molecule has 1 aromatic carbocycles. The topological polar surface area (TPSA) is 37.4 Å². The Morgan fingerprint density at radius 3 is 2.52 bits per heavy atom. The summed E-state index contributed by atoms with van der Waals surface area (Å²) in [5.74, 6) is 0.347. The fourth-order valence-corrected chi connectivity index (χ4v) is 5.47. The molecule has 3 nitrogen and oxygen atoms in total. The van der Waals surface area contributed by atoms with E-state index < -0.39 is 10.0 Å². The van der Waals surface area contributed by atoms with E-state index >= 15 is 0 Å². The zero-order valence-corrected chi connectivity index (χ0v) is 14.5. The first-order valence-electron chi connectivity index (χ1n) is 7.67. The van der Waals surface area contributed by atoms with Gasteiger partial charge in [-0.25, -0.2) is 8.42 Å². The fraction of sp³-hybridized carbons (Fsp3) is 0.625. The van der Waals surface area contributed by atoms with E-state index in [9.17, 15) is 8.42 Å². The summed E-state index contributed by atoms with van der Waals surface area (Å²) in [6.45, 7) is 6.10. The number of aryl methyl sites for hydroxylation is 1. The van der Waals surface area contributed by atoms with Crippen LogP contribution in [0, 0.1) is 0 Å². The van der Waals surface area contributed by atoms with Crippen LogP contribution in [0.4, 0.5) is 0 Å². The molecule has 5 heteroatoms. The minimum Gasteiger partial charge on any atom is -0.207 e. The maximum absolute atomic E-state index is 13.0. The summed E-state index contributed by atoms with van der Waals surface area (Å²) in [6, 6.07) is 5.56. The maximum Gasteiger partial charge on any atom is 0.243 e. The highest BCUT2D eigenvalue weighted by Gasteiger charge is 2.39. The molecule has 1 aliphatic heterocycles. The number of halogens is 1. The molecule has 118 valence electrons. The van der Waals surface area contributed by atoms with Gasteiger partial charge in [0.15, 0.2) is 0 Å². The Labute approximate surface area is 133 Å². The van der Waals surface area contributed by atoms with Crippen LogP contribution in [0.3, 0.4) is 0 Å². The third kappa shape index (κ3) is 3.13. The molecule has 2 atom stereocenters. The summed E-state index contributed by atoms with van der Waals surface area (Å²) in [6.07, 6.45) is 3.61. The lowest BCUT2D eigenvalue weighted by Crippen LogP contribution is -2.39. The molecule has 1 fully saturated rings. The molecule has 0 aliphatic carbocycles. The van der Waals surface area contributed by atoms with Gasteiger partial charge in [0, 0.05) is 18.0 Å². The second-order valence-electron chi connectivity index (χ2n) is 5.74. The minimum atomic E-state index is -3.43. The van der Waals surface area contributed by atoms with Crippen LogP contribution in [0.15, 0.2) is 23.1 Å². The Morgan fingerprint density at radius 1 is 1.24 bits per heavy atom. The van der Waals surface area contributed by atoms with Crippen molar-refractivity contribution < 1.29 is 8.42 Å². The second-order valence-corrected chi connectivity index (χ2v) is 7.85. The van der Waals surface area contributed by atoms with Crippen molar-refractivity contribution in [2.75, 3.05) is 0 Å². The summed E-state index contributed by atoms with van der Waals surface area (Å²) < 4.78 is 27.6. The van der Waals surface area contributed by atoms with Crippen molar-refractivity contribution in [3.05, 3.63) is 29.3 Å². The Bertz CT molecular complexity index is 600. The van der Waals surface area contributed by atoms with Crippen LogP contribution in [0.1, 0.15) is 51.2 Å². The van der Waals surface area contributed by atoms with Crippen molar-refractivity contribution in [2.24, 2.45) is 0 Å². The average Bonchev–Trinajstić information content (AvgIpc) is 2.88. The third-order valence-electron chi connectivity index (χ3n) is 4.46. The van der Waals surface area contributed by atoms with E-state index in [0.717, 1.165) is 36.8 Å². The van der Waals surface area contributed by atoms with E-state index in [1.807, 2.05) is 13.0 Å². The van der Waals surface area contributed by atoms with Crippen LogP contribution in [-0.2, 0) is 22.3 Å². The lowest BCUT2D eigenvalue weighted by atomic mass is 10.1. The molecule has 1 aliphatic rings. The van der Waals surface area contributed by atoms with Gasteiger partial charge in [0.25, 0.3) is 0 Å². The third-order valence-corrected chi connectivity index (χ3v) is 6.81. The summed E-state index contributed by atoms with van der Waals surface area (Å²) in [7, 11) is -3.43. The van der Waals surface area contributed by atoms with Crippen molar-refractivity contribution in [3.8, 4) is 0 Å². The molecule has 1 heterocycles. The molecule has 21 heavy (non-hydrogen) atoms. The summed E-state index contributed by atoms with van der Waals surface area (Å²) in [5, 5.41) is 0. The first-order valence-corrected chi connectivity index (χ1v) is 9.64.